The molecule has 0 saturated heterocycles. The van der Waals surface area contributed by atoms with Crippen LogP contribution in [0.25, 0.3) is 0 Å². The van der Waals surface area contributed by atoms with E-state index >= 15 is 0 Å². The average Bonchev–Trinajstić information content (AvgIpc) is 2.55. The molecule has 4 heteroatoms. The van der Waals surface area contributed by atoms with E-state index in [1.165, 1.54) is 0 Å². The number of Topliss-reactive ketones (excluding diaryl/α,β-unsaturated/α-hetero) is 1. The number of rotatable bonds is 11. The molecule has 132 valence electrons. The number of carbonyl (C=O) groups excluding carboxylic acids is 1. The lowest BCUT2D eigenvalue weighted by Crippen LogP contribution is -2.09. The molecule has 0 heterocycles. The van der Waals surface area contributed by atoms with Crippen molar-refractivity contribution in [2.45, 2.75) is 65.7 Å². The maximum absolute atomic E-state index is 12.3. The largest absolute Gasteiger partial charge is 0.493 e. The first-order chi connectivity index (χ1) is 11.5. The van der Waals surface area contributed by atoms with Gasteiger partial charge in [0.2, 0.25) is 0 Å². The fraction of sp³-hybridized carbons (Fsp3) is 0.600. The highest BCUT2D eigenvalue weighted by molar-refractivity contribution is 6.00. The van der Waals surface area contributed by atoms with E-state index in [1.54, 1.807) is 0 Å². The number of hydrogen-bond acceptors (Lipinski definition) is 4. The Balaban J connectivity index is 3.20. The van der Waals surface area contributed by atoms with Crippen LogP contribution in [-0.2, 0) is 0 Å². The minimum absolute atomic E-state index is 0.141. The van der Waals surface area contributed by atoms with E-state index in [4.69, 9.17) is 14.7 Å². The molecule has 1 aromatic carbocycles. The zero-order valence-corrected chi connectivity index (χ0v) is 15.4. The normalized spacial score (nSPS) is 10.5. The Bertz CT molecular complexity index is 573. The Morgan fingerprint density at radius 2 is 1.67 bits per heavy atom. The summed E-state index contributed by atoms with van der Waals surface area (Å²) in [6.45, 7) is 9.55. The first kappa shape index (κ1) is 20.0. The number of carbonyl (C=O) groups is 1. The van der Waals surface area contributed by atoms with Gasteiger partial charge in [0.25, 0.3) is 0 Å². The lowest BCUT2D eigenvalue weighted by Gasteiger charge is -2.18. The van der Waals surface area contributed by atoms with Gasteiger partial charge in [-0.1, -0.05) is 40.5 Å². The number of ether oxygens (including phenoxy) is 2. The molecular weight excluding hydrogens is 302 g/mol. The van der Waals surface area contributed by atoms with E-state index < -0.39 is 0 Å². The molecule has 0 aliphatic rings. The van der Waals surface area contributed by atoms with Gasteiger partial charge in [-0.05, 0) is 30.4 Å². The van der Waals surface area contributed by atoms with Crippen LogP contribution < -0.4 is 9.47 Å². The molecular formula is C20H29NO3. The number of ketones is 1. The SMILES string of the molecule is CCCCOc1cc(OCCCC)c(C(C)C)cc1C(=O)CC#N. The quantitative estimate of drug-likeness (QED) is 0.410. The Kier molecular flexibility index (Phi) is 8.93. The first-order valence-electron chi connectivity index (χ1n) is 8.88. The molecule has 0 saturated carbocycles. The summed E-state index contributed by atoms with van der Waals surface area (Å²) in [6, 6.07) is 5.59. The topological polar surface area (TPSA) is 59.3 Å². The van der Waals surface area contributed by atoms with Crippen molar-refractivity contribution in [3.05, 3.63) is 23.3 Å². The van der Waals surface area contributed by atoms with Crippen molar-refractivity contribution in [3.63, 3.8) is 0 Å². The van der Waals surface area contributed by atoms with Gasteiger partial charge in [0.05, 0.1) is 31.3 Å². The van der Waals surface area contributed by atoms with Crippen LogP contribution in [0.4, 0.5) is 0 Å². The third kappa shape index (κ3) is 5.88. The molecule has 0 atom stereocenters. The predicted octanol–water partition coefficient (Wildman–Crippen LogP) is 5.26. The first-order valence-corrected chi connectivity index (χ1v) is 8.88. The minimum atomic E-state index is -0.203. The highest BCUT2D eigenvalue weighted by atomic mass is 16.5. The van der Waals surface area contributed by atoms with Gasteiger partial charge in [-0.3, -0.25) is 4.79 Å². The van der Waals surface area contributed by atoms with Crippen LogP contribution in [0.3, 0.4) is 0 Å². The van der Waals surface area contributed by atoms with Gasteiger partial charge in [-0.2, -0.15) is 5.26 Å². The Morgan fingerprint density at radius 1 is 1.08 bits per heavy atom. The zero-order chi connectivity index (χ0) is 17.9. The Morgan fingerprint density at radius 3 is 2.17 bits per heavy atom. The monoisotopic (exact) mass is 331 g/mol. The molecule has 0 spiro atoms. The Hall–Kier alpha value is -2.02. The van der Waals surface area contributed by atoms with Gasteiger partial charge in [-0.15, -0.1) is 0 Å². The maximum atomic E-state index is 12.3. The molecule has 0 fully saturated rings. The molecule has 0 radical (unpaired) electrons. The maximum Gasteiger partial charge on any atom is 0.180 e. The third-order valence-corrected chi connectivity index (χ3v) is 3.78. The molecule has 0 aliphatic carbocycles. The zero-order valence-electron chi connectivity index (χ0n) is 15.4. The number of nitrogens with zero attached hydrogens (tertiary/aromatic N) is 1. The van der Waals surface area contributed by atoms with Crippen LogP contribution in [0.2, 0.25) is 0 Å². The average molecular weight is 331 g/mol. The molecule has 4 nitrogen and oxygen atoms in total. The molecule has 24 heavy (non-hydrogen) atoms. The van der Waals surface area contributed by atoms with Gasteiger partial charge in [-0.25, -0.2) is 0 Å². The van der Waals surface area contributed by atoms with Crippen molar-refractivity contribution in [3.8, 4) is 17.6 Å². The van der Waals surface area contributed by atoms with Gasteiger partial charge in [0, 0.05) is 6.07 Å². The molecule has 0 aliphatic heterocycles. The van der Waals surface area contributed by atoms with Crippen molar-refractivity contribution in [1.82, 2.24) is 0 Å². The van der Waals surface area contributed by atoms with Gasteiger partial charge in [0.15, 0.2) is 5.78 Å². The van der Waals surface area contributed by atoms with Crippen LogP contribution in [0.5, 0.6) is 11.5 Å². The third-order valence-electron chi connectivity index (χ3n) is 3.78. The van der Waals surface area contributed by atoms with E-state index in [1.807, 2.05) is 18.2 Å². The van der Waals surface area contributed by atoms with Crippen molar-refractivity contribution < 1.29 is 14.3 Å². The second-order valence-corrected chi connectivity index (χ2v) is 6.20. The summed E-state index contributed by atoms with van der Waals surface area (Å²) in [7, 11) is 0. The molecule has 0 unspecified atom stereocenters. The van der Waals surface area contributed by atoms with Crippen molar-refractivity contribution >= 4 is 5.78 Å². The number of benzene rings is 1. The lowest BCUT2D eigenvalue weighted by atomic mass is 9.96. The molecule has 1 aromatic rings. The van der Waals surface area contributed by atoms with Gasteiger partial charge < -0.3 is 9.47 Å². The molecule has 0 bridgehead atoms. The van der Waals surface area contributed by atoms with Crippen molar-refractivity contribution in [2.24, 2.45) is 0 Å². The second-order valence-electron chi connectivity index (χ2n) is 6.20. The molecule has 0 amide bonds. The highest BCUT2D eigenvalue weighted by Crippen LogP contribution is 2.35. The molecule has 0 N–H and O–H groups in total. The fourth-order valence-corrected chi connectivity index (χ4v) is 2.31. The van der Waals surface area contributed by atoms with Crippen LogP contribution in [-0.4, -0.2) is 19.0 Å². The van der Waals surface area contributed by atoms with Gasteiger partial charge in [0.1, 0.15) is 11.5 Å². The summed E-state index contributed by atoms with van der Waals surface area (Å²) < 4.78 is 11.7. The predicted molar refractivity (Wildman–Crippen MR) is 95.9 cm³/mol. The highest BCUT2D eigenvalue weighted by Gasteiger charge is 2.19. The summed E-state index contributed by atoms with van der Waals surface area (Å²) in [6.07, 6.45) is 3.85. The summed E-state index contributed by atoms with van der Waals surface area (Å²) in [4.78, 5) is 12.3. The number of hydrogen-bond donors (Lipinski definition) is 0. The summed E-state index contributed by atoms with van der Waals surface area (Å²) in [5, 5.41) is 8.84. The van der Waals surface area contributed by atoms with Crippen LogP contribution in [0.15, 0.2) is 12.1 Å². The van der Waals surface area contributed by atoms with E-state index in [0.29, 0.717) is 24.5 Å². The lowest BCUT2D eigenvalue weighted by molar-refractivity contribution is 0.0993. The van der Waals surface area contributed by atoms with Crippen LogP contribution in [0, 0.1) is 11.3 Å². The summed E-state index contributed by atoms with van der Waals surface area (Å²) >= 11 is 0. The molecule has 0 aromatic heterocycles. The fourth-order valence-electron chi connectivity index (χ4n) is 2.31. The number of nitriles is 1. The smallest absolute Gasteiger partial charge is 0.180 e. The van der Waals surface area contributed by atoms with Crippen molar-refractivity contribution in [2.75, 3.05) is 13.2 Å². The summed E-state index contributed by atoms with van der Waals surface area (Å²) in [5.74, 6) is 1.32. The summed E-state index contributed by atoms with van der Waals surface area (Å²) in [5.41, 5.74) is 1.47. The minimum Gasteiger partial charge on any atom is -0.493 e. The van der Waals surface area contributed by atoms with E-state index in [-0.39, 0.29) is 18.1 Å². The van der Waals surface area contributed by atoms with Crippen molar-refractivity contribution in [1.29, 1.82) is 5.26 Å². The number of unbranched alkanes of at least 4 members (excludes halogenated alkanes) is 2. The van der Waals surface area contributed by atoms with Gasteiger partial charge >= 0.3 is 0 Å². The van der Waals surface area contributed by atoms with Crippen LogP contribution >= 0.6 is 0 Å². The van der Waals surface area contributed by atoms with Crippen LogP contribution in [0.1, 0.15) is 81.6 Å². The molecule has 1 rings (SSSR count). The Labute approximate surface area is 145 Å². The standard InChI is InChI=1S/C20H29NO3/c1-5-7-11-23-19-14-20(24-12-8-6-2)17(18(22)9-10-21)13-16(19)15(3)4/h13-15H,5-9,11-12H2,1-4H3. The van der Waals surface area contributed by atoms with E-state index in [9.17, 15) is 4.79 Å². The van der Waals surface area contributed by atoms with E-state index in [0.717, 1.165) is 37.0 Å². The van der Waals surface area contributed by atoms with E-state index in [2.05, 4.69) is 27.7 Å². The second kappa shape index (κ2) is 10.7.